The van der Waals surface area contributed by atoms with Crippen LogP contribution in [0.15, 0.2) is 140 Å². The largest absolute Gasteiger partial charge is 0.480 e. The minimum atomic E-state index is -0.859. The van der Waals surface area contributed by atoms with Crippen molar-refractivity contribution in [1.29, 1.82) is 0 Å². The van der Waals surface area contributed by atoms with Crippen molar-refractivity contribution in [2.45, 2.75) is 32.0 Å². The van der Waals surface area contributed by atoms with Gasteiger partial charge in [-0.3, -0.25) is 4.79 Å². The Morgan fingerprint density at radius 3 is 1.67 bits per heavy atom. The topological polar surface area (TPSA) is 92.9 Å². The van der Waals surface area contributed by atoms with Crippen LogP contribution in [0.25, 0.3) is 22.5 Å². The molecule has 8 heteroatoms. The Bertz CT molecular complexity index is 1760. The first-order chi connectivity index (χ1) is 22.0. The standard InChI is InChI=1S/C38H35N5O2.ClH/c1-27(2)35(37(44)45)39-26-28-22-24-29(25-23-28)33-20-12-13-21-34(33)36-40-41-42-43(36)38(30-14-6-3-7-15-30,31-16-8-4-9-17-31)32-18-10-5-11-19-32;/h3-25,27,35,39H,26H2,1-2H3,(H,44,45);1H/t35-;/m0./s1. The zero-order valence-electron chi connectivity index (χ0n) is 25.7. The van der Waals surface area contributed by atoms with Crippen molar-refractivity contribution < 1.29 is 9.90 Å². The highest BCUT2D eigenvalue weighted by Gasteiger charge is 2.42. The SMILES string of the molecule is CC(C)[C@H](NCc1ccc(-c2ccccc2-c2nnnn2C(c2ccccc2)(c2ccccc2)c2ccccc2)cc1)C(=O)O.Cl. The number of nitrogens with one attached hydrogen (secondary N) is 1. The molecule has 0 aliphatic heterocycles. The molecule has 0 radical (unpaired) electrons. The van der Waals surface area contributed by atoms with Crippen LogP contribution in [0.1, 0.15) is 36.1 Å². The van der Waals surface area contributed by atoms with Gasteiger partial charge in [0.2, 0.25) is 0 Å². The Morgan fingerprint density at radius 2 is 1.20 bits per heavy atom. The third-order valence-corrected chi connectivity index (χ3v) is 8.25. The summed E-state index contributed by atoms with van der Waals surface area (Å²) in [5.74, 6) is -0.227. The van der Waals surface area contributed by atoms with Crippen molar-refractivity contribution in [2.75, 3.05) is 0 Å². The molecule has 0 saturated heterocycles. The number of aliphatic carboxylic acids is 1. The van der Waals surface area contributed by atoms with Crippen LogP contribution in [0.2, 0.25) is 0 Å². The molecule has 7 nitrogen and oxygen atoms in total. The van der Waals surface area contributed by atoms with Gasteiger partial charge >= 0.3 is 5.97 Å². The van der Waals surface area contributed by atoms with Crippen LogP contribution >= 0.6 is 12.4 Å². The first kappa shape index (κ1) is 32.3. The highest BCUT2D eigenvalue weighted by molar-refractivity contribution is 5.85. The fraction of sp³-hybridized carbons (Fsp3) is 0.158. The average molecular weight is 630 g/mol. The maximum atomic E-state index is 11.6. The Morgan fingerprint density at radius 1 is 0.717 bits per heavy atom. The van der Waals surface area contributed by atoms with Gasteiger partial charge in [0.15, 0.2) is 5.82 Å². The maximum Gasteiger partial charge on any atom is 0.320 e. The first-order valence-electron chi connectivity index (χ1n) is 15.1. The van der Waals surface area contributed by atoms with Gasteiger partial charge in [0.1, 0.15) is 11.6 Å². The van der Waals surface area contributed by atoms with Gasteiger partial charge in [-0.25, -0.2) is 4.68 Å². The van der Waals surface area contributed by atoms with Crippen LogP contribution < -0.4 is 5.32 Å². The molecular weight excluding hydrogens is 594 g/mol. The lowest BCUT2D eigenvalue weighted by Gasteiger charge is -2.36. The van der Waals surface area contributed by atoms with E-state index in [1.54, 1.807) is 0 Å². The molecule has 5 aromatic carbocycles. The predicted octanol–water partition coefficient (Wildman–Crippen LogP) is 7.47. The monoisotopic (exact) mass is 629 g/mol. The highest BCUT2D eigenvalue weighted by Crippen LogP contribution is 2.43. The number of aromatic nitrogens is 4. The number of hydrogen-bond donors (Lipinski definition) is 2. The number of halogens is 1. The molecule has 2 N–H and O–H groups in total. The molecule has 0 amide bonds. The summed E-state index contributed by atoms with van der Waals surface area (Å²) < 4.78 is 1.95. The smallest absolute Gasteiger partial charge is 0.320 e. The molecule has 0 aliphatic rings. The van der Waals surface area contributed by atoms with Gasteiger partial charge in [-0.2, -0.15) is 0 Å². The van der Waals surface area contributed by atoms with Gasteiger partial charge in [0, 0.05) is 12.1 Å². The van der Waals surface area contributed by atoms with Crippen LogP contribution in [0, 0.1) is 5.92 Å². The molecule has 0 spiro atoms. The molecular formula is C38H36ClN5O2. The molecule has 46 heavy (non-hydrogen) atoms. The molecule has 0 saturated carbocycles. The average Bonchev–Trinajstić information content (AvgIpc) is 3.57. The van der Waals surface area contributed by atoms with Crippen molar-refractivity contribution in [3.05, 3.63) is 162 Å². The van der Waals surface area contributed by atoms with Crippen LogP contribution in [0.3, 0.4) is 0 Å². The molecule has 1 atom stereocenters. The zero-order valence-corrected chi connectivity index (χ0v) is 26.5. The predicted molar refractivity (Wildman–Crippen MR) is 184 cm³/mol. The number of carbonyl (C=O) groups is 1. The van der Waals surface area contributed by atoms with Gasteiger partial charge in [0.25, 0.3) is 0 Å². The molecule has 6 aromatic rings. The summed E-state index contributed by atoms with van der Waals surface area (Å²) in [5, 5.41) is 26.3. The lowest BCUT2D eigenvalue weighted by Crippen LogP contribution is -2.40. The van der Waals surface area contributed by atoms with Gasteiger partial charge in [0.05, 0.1) is 0 Å². The molecule has 0 bridgehead atoms. The molecule has 232 valence electrons. The molecule has 6 rings (SSSR count). The van der Waals surface area contributed by atoms with Gasteiger partial charge in [-0.15, -0.1) is 17.5 Å². The Balaban J connectivity index is 0.00000417. The van der Waals surface area contributed by atoms with E-state index in [0.717, 1.165) is 38.9 Å². The number of rotatable bonds is 11. The minimum absolute atomic E-state index is 0. The van der Waals surface area contributed by atoms with Gasteiger partial charge in [-0.05, 0) is 49.7 Å². The number of nitrogens with zero attached hydrogens (tertiary/aromatic N) is 4. The van der Waals surface area contributed by atoms with Crippen molar-refractivity contribution in [1.82, 2.24) is 25.5 Å². The van der Waals surface area contributed by atoms with E-state index in [0.29, 0.717) is 12.4 Å². The lowest BCUT2D eigenvalue weighted by molar-refractivity contribution is -0.140. The summed E-state index contributed by atoms with van der Waals surface area (Å²) in [4.78, 5) is 11.6. The second-order valence-corrected chi connectivity index (χ2v) is 11.4. The quantitative estimate of drug-likeness (QED) is 0.144. The van der Waals surface area contributed by atoms with Crippen LogP contribution in [-0.4, -0.2) is 37.3 Å². The minimum Gasteiger partial charge on any atom is -0.480 e. The summed E-state index contributed by atoms with van der Waals surface area (Å²) in [7, 11) is 0. The molecule has 1 heterocycles. The number of benzene rings is 5. The van der Waals surface area contributed by atoms with Crippen molar-refractivity contribution in [3.8, 4) is 22.5 Å². The molecule has 0 unspecified atom stereocenters. The molecule has 1 aromatic heterocycles. The maximum absolute atomic E-state index is 11.6. The van der Waals surface area contributed by atoms with E-state index in [1.807, 2.05) is 97.4 Å². The van der Waals surface area contributed by atoms with E-state index in [-0.39, 0.29) is 18.3 Å². The molecule has 0 aliphatic carbocycles. The summed E-state index contributed by atoms with van der Waals surface area (Å²) in [6, 6.07) is 46.8. The van der Waals surface area contributed by atoms with Crippen molar-refractivity contribution in [2.24, 2.45) is 5.92 Å². The van der Waals surface area contributed by atoms with Crippen LogP contribution in [-0.2, 0) is 16.9 Å². The van der Waals surface area contributed by atoms with E-state index in [4.69, 9.17) is 5.21 Å². The normalized spacial score (nSPS) is 12.0. The highest BCUT2D eigenvalue weighted by atomic mass is 35.5. The van der Waals surface area contributed by atoms with E-state index in [1.165, 1.54) is 0 Å². The second kappa shape index (κ2) is 14.3. The van der Waals surface area contributed by atoms with E-state index >= 15 is 0 Å². The molecule has 0 fully saturated rings. The van der Waals surface area contributed by atoms with E-state index in [9.17, 15) is 9.90 Å². The zero-order chi connectivity index (χ0) is 31.2. The summed E-state index contributed by atoms with van der Waals surface area (Å²) in [6.07, 6.45) is 0. The van der Waals surface area contributed by atoms with Gasteiger partial charge < -0.3 is 10.4 Å². The Kier molecular flexibility index (Phi) is 10.1. The summed E-state index contributed by atoms with van der Waals surface area (Å²) in [6.45, 7) is 4.27. The lowest BCUT2D eigenvalue weighted by atomic mass is 9.77. The summed E-state index contributed by atoms with van der Waals surface area (Å²) in [5.41, 5.74) is 6.14. The van der Waals surface area contributed by atoms with E-state index in [2.05, 4.69) is 76.3 Å². The number of tetrazole rings is 1. The third-order valence-electron chi connectivity index (χ3n) is 8.25. The number of carboxylic acids is 1. The summed E-state index contributed by atoms with van der Waals surface area (Å²) >= 11 is 0. The fourth-order valence-corrected chi connectivity index (χ4v) is 6.05. The van der Waals surface area contributed by atoms with E-state index < -0.39 is 17.6 Å². The second-order valence-electron chi connectivity index (χ2n) is 11.4. The van der Waals surface area contributed by atoms with Crippen LogP contribution in [0.4, 0.5) is 0 Å². The van der Waals surface area contributed by atoms with Crippen LogP contribution in [0.5, 0.6) is 0 Å². The number of carboxylic acid groups (broad SMARTS) is 1. The van der Waals surface area contributed by atoms with Crippen molar-refractivity contribution in [3.63, 3.8) is 0 Å². The Hall–Kier alpha value is -5.11. The van der Waals surface area contributed by atoms with Gasteiger partial charge in [-0.1, -0.05) is 153 Å². The first-order valence-corrected chi connectivity index (χ1v) is 15.1. The Labute approximate surface area is 275 Å². The fourth-order valence-electron chi connectivity index (χ4n) is 6.05. The van der Waals surface area contributed by atoms with Crippen molar-refractivity contribution >= 4 is 18.4 Å². The third kappa shape index (κ3) is 6.20. The number of hydrogen-bond acceptors (Lipinski definition) is 5.